The topological polar surface area (TPSA) is 37.4 Å². The third-order valence-electron chi connectivity index (χ3n) is 6.01. The van der Waals surface area contributed by atoms with Crippen molar-refractivity contribution >= 4 is 34.6 Å². The van der Waals surface area contributed by atoms with E-state index in [2.05, 4.69) is 15.2 Å². The van der Waals surface area contributed by atoms with E-state index in [9.17, 15) is 4.39 Å². The number of hydrogen-bond acceptors (Lipinski definition) is 4. The summed E-state index contributed by atoms with van der Waals surface area (Å²) in [7, 11) is 0. The van der Waals surface area contributed by atoms with Crippen molar-refractivity contribution in [1.29, 1.82) is 0 Å². The van der Waals surface area contributed by atoms with Crippen LogP contribution in [0, 0.1) is 5.82 Å². The highest BCUT2D eigenvalue weighted by atomic mass is 35.5. The lowest BCUT2D eigenvalue weighted by Gasteiger charge is -2.29. The van der Waals surface area contributed by atoms with Gasteiger partial charge in [0, 0.05) is 33.6 Å². The molecule has 4 nitrogen and oxygen atoms in total. The zero-order chi connectivity index (χ0) is 24.1. The molecule has 0 radical (unpaired) electrons. The third kappa shape index (κ3) is 5.07. The van der Waals surface area contributed by atoms with Crippen LogP contribution in [0.2, 0.25) is 10.0 Å². The Hall–Kier alpha value is -2.60. The summed E-state index contributed by atoms with van der Waals surface area (Å²) in [5, 5.41) is 4.88. The highest BCUT2D eigenvalue weighted by Crippen LogP contribution is 2.42. The first-order valence-corrected chi connectivity index (χ1v) is 12.3. The molecule has 0 saturated carbocycles. The minimum atomic E-state index is -0.247. The van der Waals surface area contributed by atoms with E-state index in [0.29, 0.717) is 23.3 Å². The molecule has 2 aliphatic rings. The number of rotatable bonds is 6. The van der Waals surface area contributed by atoms with E-state index >= 15 is 0 Å². The van der Waals surface area contributed by atoms with Crippen LogP contribution in [0.15, 0.2) is 67.0 Å². The maximum absolute atomic E-state index is 13.5. The van der Waals surface area contributed by atoms with E-state index in [1.807, 2.05) is 56.3 Å². The highest BCUT2D eigenvalue weighted by Gasteiger charge is 2.41. The Morgan fingerprint density at radius 2 is 1.65 bits per heavy atom. The third-order valence-corrected chi connectivity index (χ3v) is 6.72. The fraction of sp³-hybridized carbons (Fsp3) is 0.296. The summed E-state index contributed by atoms with van der Waals surface area (Å²) in [4.78, 5) is 6.56. The first kappa shape index (κ1) is 24.5. The van der Waals surface area contributed by atoms with Crippen LogP contribution in [0.3, 0.4) is 0 Å². The number of ether oxygens (including phenoxy) is 1. The van der Waals surface area contributed by atoms with Crippen LogP contribution in [0.5, 0.6) is 0 Å². The number of pyridine rings is 1. The Morgan fingerprint density at radius 1 is 0.971 bits per heavy atom. The largest absolute Gasteiger partial charge is 0.375 e. The summed E-state index contributed by atoms with van der Waals surface area (Å²) in [6.45, 7) is 4.91. The number of benzene rings is 2. The fourth-order valence-corrected chi connectivity index (χ4v) is 5.00. The second kappa shape index (κ2) is 11.2. The van der Waals surface area contributed by atoms with Crippen molar-refractivity contribution in [3.63, 3.8) is 0 Å². The molecule has 0 bridgehead atoms. The van der Waals surface area contributed by atoms with Crippen molar-refractivity contribution in [3.05, 3.63) is 99.5 Å². The summed E-state index contributed by atoms with van der Waals surface area (Å²) in [5.74, 6) is -0.247. The van der Waals surface area contributed by atoms with E-state index in [4.69, 9.17) is 27.9 Å². The first-order chi connectivity index (χ1) is 16.6. The molecule has 1 aromatic heterocycles. The number of nitrogens with one attached hydrogen (secondary N) is 1. The molecule has 1 N–H and O–H groups in total. The monoisotopic (exact) mass is 499 g/mol. The Kier molecular flexibility index (Phi) is 8.09. The average molecular weight is 500 g/mol. The van der Waals surface area contributed by atoms with E-state index in [0.717, 1.165) is 40.9 Å². The van der Waals surface area contributed by atoms with Crippen LogP contribution in [-0.4, -0.2) is 28.7 Å². The first-order valence-electron chi connectivity index (χ1n) is 11.6. The second-order valence-electron chi connectivity index (χ2n) is 7.98. The summed E-state index contributed by atoms with van der Waals surface area (Å²) in [6.07, 6.45) is 5.73. The quantitative estimate of drug-likeness (QED) is 0.396. The molecule has 2 atom stereocenters. The molecule has 34 heavy (non-hydrogen) atoms. The van der Waals surface area contributed by atoms with E-state index < -0.39 is 0 Å². The van der Waals surface area contributed by atoms with Gasteiger partial charge in [0.1, 0.15) is 5.82 Å². The van der Waals surface area contributed by atoms with E-state index in [1.165, 1.54) is 12.1 Å². The zero-order valence-corrected chi connectivity index (χ0v) is 20.8. The SMILES string of the molecule is CC.Fc1ccc(C2=C(c3ccncc3)N3C(CC[C@H]3COCc3c(Cl)cccc3Cl)N2)cc1. The number of aromatic nitrogens is 1. The van der Waals surface area contributed by atoms with Gasteiger partial charge in [-0.3, -0.25) is 4.98 Å². The second-order valence-corrected chi connectivity index (χ2v) is 8.79. The fourth-order valence-electron chi connectivity index (χ4n) is 4.50. The van der Waals surface area contributed by atoms with Crippen LogP contribution < -0.4 is 5.32 Å². The smallest absolute Gasteiger partial charge is 0.123 e. The highest BCUT2D eigenvalue weighted by molar-refractivity contribution is 6.35. The van der Waals surface area contributed by atoms with Gasteiger partial charge in [0.2, 0.25) is 0 Å². The molecule has 1 saturated heterocycles. The van der Waals surface area contributed by atoms with Gasteiger partial charge in [0.25, 0.3) is 0 Å². The summed E-state index contributed by atoms with van der Waals surface area (Å²) in [6, 6.07) is 16.3. The lowest BCUT2D eigenvalue weighted by molar-refractivity contribution is 0.0776. The Balaban J connectivity index is 0.00000133. The lowest BCUT2D eigenvalue weighted by atomic mass is 10.0. The van der Waals surface area contributed by atoms with Crippen LogP contribution in [0.1, 0.15) is 43.4 Å². The van der Waals surface area contributed by atoms with Gasteiger partial charge >= 0.3 is 0 Å². The van der Waals surface area contributed by atoms with Crippen LogP contribution in [0.25, 0.3) is 11.4 Å². The van der Waals surface area contributed by atoms with Gasteiger partial charge in [0.05, 0.1) is 36.8 Å². The van der Waals surface area contributed by atoms with E-state index in [1.54, 1.807) is 12.4 Å². The molecule has 0 spiro atoms. The van der Waals surface area contributed by atoms with Crippen LogP contribution >= 0.6 is 23.2 Å². The summed E-state index contributed by atoms with van der Waals surface area (Å²) >= 11 is 12.6. The minimum Gasteiger partial charge on any atom is -0.375 e. The average Bonchev–Trinajstić information content (AvgIpc) is 3.43. The number of halogens is 3. The van der Waals surface area contributed by atoms with Crippen LogP contribution in [0.4, 0.5) is 4.39 Å². The molecule has 7 heteroatoms. The molecular weight excluding hydrogens is 472 g/mol. The normalized spacial score (nSPS) is 18.9. The molecular formula is C27H28Cl2FN3O. The minimum absolute atomic E-state index is 0.163. The predicted molar refractivity (Wildman–Crippen MR) is 137 cm³/mol. The molecule has 3 aromatic rings. The van der Waals surface area contributed by atoms with Crippen LogP contribution in [-0.2, 0) is 11.3 Å². The molecule has 1 unspecified atom stereocenters. The van der Waals surface area contributed by atoms with Gasteiger partial charge in [-0.15, -0.1) is 0 Å². The maximum atomic E-state index is 13.5. The van der Waals surface area contributed by atoms with Gasteiger partial charge in [-0.25, -0.2) is 4.39 Å². The van der Waals surface area contributed by atoms with Crippen molar-refractivity contribution in [2.45, 2.75) is 45.5 Å². The number of hydrogen-bond donors (Lipinski definition) is 1. The molecule has 2 aromatic carbocycles. The Morgan fingerprint density at radius 3 is 2.32 bits per heavy atom. The summed E-state index contributed by atoms with van der Waals surface area (Å²) in [5.41, 5.74) is 4.92. The zero-order valence-electron chi connectivity index (χ0n) is 19.3. The molecule has 1 fully saturated rings. The lowest BCUT2D eigenvalue weighted by Crippen LogP contribution is -2.38. The molecule has 0 aliphatic carbocycles. The molecule has 5 rings (SSSR count). The van der Waals surface area contributed by atoms with Crippen molar-refractivity contribution in [1.82, 2.24) is 15.2 Å². The van der Waals surface area contributed by atoms with E-state index in [-0.39, 0.29) is 18.0 Å². The predicted octanol–water partition coefficient (Wildman–Crippen LogP) is 6.99. The van der Waals surface area contributed by atoms with Gasteiger partial charge < -0.3 is 15.0 Å². The van der Waals surface area contributed by atoms with Crippen molar-refractivity contribution < 1.29 is 9.13 Å². The van der Waals surface area contributed by atoms with Gasteiger partial charge in [0.15, 0.2) is 0 Å². The van der Waals surface area contributed by atoms with Gasteiger partial charge in [-0.05, 0) is 66.9 Å². The number of nitrogens with zero attached hydrogens (tertiary/aromatic N) is 2. The maximum Gasteiger partial charge on any atom is 0.123 e. The van der Waals surface area contributed by atoms with Crippen molar-refractivity contribution in [2.24, 2.45) is 0 Å². The molecule has 178 valence electrons. The standard InChI is InChI=1S/C25H22Cl2FN3O.C2H6/c26-21-2-1-3-22(27)20(21)15-32-14-19-8-9-23-30-24(16-4-6-18(28)7-5-16)25(31(19)23)17-10-12-29-13-11-17;1-2/h1-7,10-13,19,23,30H,8-9,14-15H2;1-2H3/t19-,23?;/m0./s1. The molecule has 0 amide bonds. The van der Waals surface area contributed by atoms with Gasteiger partial charge in [-0.1, -0.05) is 43.1 Å². The molecule has 2 aliphatic heterocycles. The van der Waals surface area contributed by atoms with Crippen molar-refractivity contribution in [2.75, 3.05) is 6.61 Å². The molecule has 3 heterocycles. The van der Waals surface area contributed by atoms with Crippen molar-refractivity contribution in [3.8, 4) is 0 Å². The Labute approximate surface area is 210 Å². The summed E-state index contributed by atoms with van der Waals surface area (Å²) < 4.78 is 19.6. The number of fused-ring (bicyclic) bond motifs is 1. The van der Waals surface area contributed by atoms with Gasteiger partial charge in [-0.2, -0.15) is 0 Å². The Bertz CT molecular complexity index is 1120.